The van der Waals surface area contributed by atoms with Gasteiger partial charge in [0.1, 0.15) is 6.04 Å². The fourth-order valence-electron chi connectivity index (χ4n) is 2.19. The molecule has 2 N–H and O–H groups in total. The number of carboxylic acid groups (broad SMARTS) is 1. The zero-order valence-corrected chi connectivity index (χ0v) is 12.1. The maximum Gasteiger partial charge on any atom is 0.230 e. The number of carboxylic acids is 1. The van der Waals surface area contributed by atoms with Crippen molar-refractivity contribution in [2.24, 2.45) is 0 Å². The van der Waals surface area contributed by atoms with Crippen molar-refractivity contribution in [3.05, 3.63) is 42.5 Å². The van der Waals surface area contributed by atoms with Gasteiger partial charge in [-0.1, -0.05) is 30.3 Å². The van der Waals surface area contributed by atoms with E-state index in [1.807, 2.05) is 36.4 Å². The van der Waals surface area contributed by atoms with Crippen molar-refractivity contribution in [3.63, 3.8) is 0 Å². The molecule has 0 spiro atoms. The molecule has 0 saturated heterocycles. The van der Waals surface area contributed by atoms with Crippen LogP contribution >= 0.6 is 0 Å². The highest BCUT2D eigenvalue weighted by Gasteiger charge is 2.20. The molecule has 0 unspecified atom stereocenters. The first-order valence-corrected chi connectivity index (χ1v) is 6.77. The zero-order chi connectivity index (χ0) is 15.4. The van der Waals surface area contributed by atoms with Gasteiger partial charge < -0.3 is 20.1 Å². The van der Waals surface area contributed by atoms with Crippen molar-refractivity contribution in [2.75, 3.05) is 19.4 Å². The number of anilines is 1. The van der Waals surface area contributed by atoms with E-state index in [0.29, 0.717) is 10.6 Å². The molecule has 2 aromatic carbocycles. The van der Waals surface area contributed by atoms with E-state index in [1.165, 1.54) is 0 Å². The Hall–Kier alpha value is -2.40. The van der Waals surface area contributed by atoms with Crippen LogP contribution in [0.1, 0.15) is 6.42 Å². The highest BCUT2D eigenvalue weighted by Crippen LogP contribution is 2.18. The van der Waals surface area contributed by atoms with Crippen molar-refractivity contribution >= 4 is 28.3 Å². The summed E-state index contributed by atoms with van der Waals surface area (Å²) in [5.74, 6) is -1.55. The number of quaternary nitrogens is 1. The lowest BCUT2D eigenvalue weighted by molar-refractivity contribution is -0.878. The van der Waals surface area contributed by atoms with E-state index < -0.39 is 12.0 Å². The molecule has 5 nitrogen and oxygen atoms in total. The fourth-order valence-corrected chi connectivity index (χ4v) is 2.19. The molecule has 0 heterocycles. The average molecular weight is 286 g/mol. The quantitative estimate of drug-likeness (QED) is 0.773. The van der Waals surface area contributed by atoms with Crippen LogP contribution in [-0.2, 0) is 9.59 Å². The second-order valence-electron chi connectivity index (χ2n) is 5.26. The van der Waals surface area contributed by atoms with Gasteiger partial charge in [0.2, 0.25) is 5.91 Å². The molecule has 0 aliphatic rings. The second-order valence-corrected chi connectivity index (χ2v) is 5.26. The number of amides is 1. The number of nitrogens with one attached hydrogen (secondary N) is 2. The summed E-state index contributed by atoms with van der Waals surface area (Å²) in [5, 5.41) is 15.8. The van der Waals surface area contributed by atoms with Crippen LogP contribution < -0.4 is 15.3 Å². The highest BCUT2D eigenvalue weighted by atomic mass is 16.4. The Morgan fingerprint density at radius 3 is 2.43 bits per heavy atom. The lowest BCUT2D eigenvalue weighted by atomic mass is 10.1. The van der Waals surface area contributed by atoms with Crippen molar-refractivity contribution in [3.8, 4) is 0 Å². The van der Waals surface area contributed by atoms with Gasteiger partial charge in [0.25, 0.3) is 0 Å². The van der Waals surface area contributed by atoms with Crippen LogP contribution in [0.25, 0.3) is 10.8 Å². The third-order valence-corrected chi connectivity index (χ3v) is 3.40. The summed E-state index contributed by atoms with van der Waals surface area (Å²) in [6, 6.07) is 12.5. The van der Waals surface area contributed by atoms with E-state index in [9.17, 15) is 14.7 Å². The Morgan fingerprint density at radius 2 is 1.81 bits per heavy atom. The average Bonchev–Trinajstić information content (AvgIpc) is 2.44. The third-order valence-electron chi connectivity index (χ3n) is 3.40. The van der Waals surface area contributed by atoms with Gasteiger partial charge in [-0.3, -0.25) is 4.79 Å². The molecule has 0 aliphatic carbocycles. The Labute approximate surface area is 123 Å². The lowest BCUT2D eigenvalue weighted by Gasteiger charge is -2.21. The van der Waals surface area contributed by atoms with Crippen molar-refractivity contribution < 1.29 is 19.6 Å². The van der Waals surface area contributed by atoms with E-state index in [2.05, 4.69) is 5.32 Å². The minimum Gasteiger partial charge on any atom is -0.544 e. The van der Waals surface area contributed by atoms with E-state index >= 15 is 0 Å². The number of carbonyl (C=O) groups is 2. The molecule has 2 aromatic rings. The monoisotopic (exact) mass is 286 g/mol. The number of fused-ring (bicyclic) bond motifs is 1. The molecule has 1 amide bonds. The molecule has 2 rings (SSSR count). The number of aliphatic carboxylic acids is 1. The maximum atomic E-state index is 12.0. The minimum atomic E-state index is -1.22. The Bertz CT molecular complexity index is 667. The van der Waals surface area contributed by atoms with Gasteiger partial charge in [-0.15, -0.1) is 0 Å². The lowest BCUT2D eigenvalue weighted by Crippen LogP contribution is -3.12. The van der Waals surface area contributed by atoms with Gasteiger partial charge >= 0.3 is 0 Å². The van der Waals surface area contributed by atoms with Crippen molar-refractivity contribution in [1.82, 2.24) is 0 Å². The molecule has 21 heavy (non-hydrogen) atoms. The van der Waals surface area contributed by atoms with Crippen LogP contribution in [0.4, 0.5) is 5.69 Å². The number of hydrogen-bond acceptors (Lipinski definition) is 3. The molecule has 0 aliphatic heterocycles. The molecule has 0 aromatic heterocycles. The molecule has 110 valence electrons. The number of carbonyl (C=O) groups excluding carboxylic acids is 2. The first-order chi connectivity index (χ1) is 9.97. The first kappa shape index (κ1) is 15.0. The summed E-state index contributed by atoms with van der Waals surface area (Å²) < 4.78 is 0. The summed E-state index contributed by atoms with van der Waals surface area (Å²) in [5.41, 5.74) is 0.657. The first-order valence-electron chi connectivity index (χ1n) is 6.77. The Morgan fingerprint density at radius 1 is 1.14 bits per heavy atom. The number of likely N-dealkylation sites (N-methyl/N-ethyl adjacent to an activating group) is 1. The summed E-state index contributed by atoms with van der Waals surface area (Å²) in [7, 11) is 3.37. The van der Waals surface area contributed by atoms with Crippen LogP contribution in [0.3, 0.4) is 0 Å². The molecular formula is C16H18N2O3. The Kier molecular flexibility index (Phi) is 4.55. The topological polar surface area (TPSA) is 73.7 Å². The minimum absolute atomic E-state index is 0.114. The summed E-state index contributed by atoms with van der Waals surface area (Å²) in [6.45, 7) is 0. The normalized spacial score (nSPS) is 12.3. The summed E-state index contributed by atoms with van der Waals surface area (Å²) in [4.78, 5) is 23.6. The largest absolute Gasteiger partial charge is 0.544 e. The van der Waals surface area contributed by atoms with Crippen LogP contribution in [0.5, 0.6) is 0 Å². The van der Waals surface area contributed by atoms with E-state index in [1.54, 1.807) is 20.2 Å². The maximum absolute atomic E-state index is 12.0. The van der Waals surface area contributed by atoms with Crippen molar-refractivity contribution in [1.29, 1.82) is 0 Å². The van der Waals surface area contributed by atoms with Gasteiger partial charge in [0.15, 0.2) is 0 Å². The van der Waals surface area contributed by atoms with Crippen LogP contribution in [0.2, 0.25) is 0 Å². The highest BCUT2D eigenvalue weighted by molar-refractivity contribution is 5.96. The number of hydrogen-bond donors (Lipinski definition) is 2. The fraction of sp³-hybridized carbons (Fsp3) is 0.250. The van der Waals surface area contributed by atoms with E-state index in [0.717, 1.165) is 10.8 Å². The van der Waals surface area contributed by atoms with Gasteiger partial charge in [-0.05, 0) is 22.9 Å². The predicted molar refractivity (Wildman–Crippen MR) is 78.8 cm³/mol. The standard InChI is InChI=1S/C16H18N2O3/c1-18(2)14(16(20)21)10-15(19)17-13-8-7-11-5-3-4-6-12(11)9-13/h3-9,14H,10H2,1-2H3,(H,17,19)(H,20,21)/t14-/m1/s1. The zero-order valence-electron chi connectivity index (χ0n) is 12.1. The van der Waals surface area contributed by atoms with E-state index in [-0.39, 0.29) is 12.3 Å². The second kappa shape index (κ2) is 6.37. The smallest absolute Gasteiger partial charge is 0.230 e. The number of benzene rings is 2. The molecular weight excluding hydrogens is 268 g/mol. The molecule has 0 radical (unpaired) electrons. The van der Waals surface area contributed by atoms with Crippen LogP contribution in [0, 0.1) is 0 Å². The number of rotatable bonds is 5. The van der Waals surface area contributed by atoms with Crippen molar-refractivity contribution in [2.45, 2.75) is 12.5 Å². The molecule has 0 fully saturated rings. The van der Waals surface area contributed by atoms with Crippen LogP contribution in [-0.4, -0.2) is 32.0 Å². The molecule has 0 bridgehead atoms. The third kappa shape index (κ3) is 3.79. The SMILES string of the molecule is C[NH+](C)[C@H](CC(=O)Nc1ccc2ccccc2c1)C(=O)[O-]. The van der Waals surface area contributed by atoms with Gasteiger partial charge in [0, 0.05) is 5.69 Å². The summed E-state index contributed by atoms with van der Waals surface area (Å²) in [6.07, 6.45) is -0.114. The molecule has 1 atom stereocenters. The Balaban J connectivity index is 2.08. The molecule has 5 heteroatoms. The predicted octanol–water partition coefficient (Wildman–Crippen LogP) is -0.569. The molecule has 0 saturated carbocycles. The van der Waals surface area contributed by atoms with Crippen LogP contribution in [0.15, 0.2) is 42.5 Å². The van der Waals surface area contributed by atoms with E-state index in [4.69, 9.17) is 0 Å². The van der Waals surface area contributed by atoms with Gasteiger partial charge in [-0.2, -0.15) is 0 Å². The van der Waals surface area contributed by atoms with Gasteiger partial charge in [0.05, 0.1) is 26.5 Å². The summed E-state index contributed by atoms with van der Waals surface area (Å²) >= 11 is 0. The van der Waals surface area contributed by atoms with Gasteiger partial charge in [-0.25, -0.2) is 0 Å².